The van der Waals surface area contributed by atoms with Crippen LogP contribution in [0.3, 0.4) is 0 Å². The van der Waals surface area contributed by atoms with Gasteiger partial charge in [-0.15, -0.1) is 0 Å². The van der Waals surface area contributed by atoms with Gasteiger partial charge in [0, 0.05) is 5.56 Å². The molecule has 31 heavy (non-hydrogen) atoms. The molecule has 3 aromatic rings. The second-order valence-corrected chi connectivity index (χ2v) is 7.01. The van der Waals surface area contributed by atoms with Crippen LogP contribution >= 0.6 is 0 Å². The monoisotopic (exact) mass is 418 g/mol. The number of carbonyl (C=O) groups is 2. The van der Waals surface area contributed by atoms with E-state index >= 15 is 0 Å². The topological polar surface area (TPSA) is 113 Å². The summed E-state index contributed by atoms with van der Waals surface area (Å²) in [5.74, 6) is 0.566. The Morgan fingerprint density at radius 3 is 2.55 bits per heavy atom. The predicted molar refractivity (Wildman–Crippen MR) is 108 cm³/mol. The lowest BCUT2D eigenvalue weighted by molar-refractivity contribution is -0.123. The van der Waals surface area contributed by atoms with Gasteiger partial charge in [-0.3, -0.25) is 14.6 Å². The van der Waals surface area contributed by atoms with Crippen molar-refractivity contribution in [2.45, 2.75) is 25.6 Å². The number of benzene rings is 2. The highest BCUT2D eigenvalue weighted by Crippen LogP contribution is 2.33. The molecule has 0 radical (unpaired) electrons. The summed E-state index contributed by atoms with van der Waals surface area (Å²) < 4.78 is 10.7. The zero-order valence-electron chi connectivity index (χ0n) is 16.6. The van der Waals surface area contributed by atoms with Gasteiger partial charge in [0.05, 0.1) is 12.3 Å². The van der Waals surface area contributed by atoms with Crippen LogP contribution in [0.25, 0.3) is 11.4 Å². The minimum absolute atomic E-state index is 0.0701. The van der Waals surface area contributed by atoms with Crippen molar-refractivity contribution in [3.63, 3.8) is 0 Å². The van der Waals surface area contributed by atoms with E-state index in [1.807, 2.05) is 37.3 Å². The Morgan fingerprint density at radius 1 is 1.03 bits per heavy atom. The molecule has 0 saturated carbocycles. The zero-order chi connectivity index (χ0) is 21.4. The number of amides is 2. The molecule has 2 atom stereocenters. The van der Waals surface area contributed by atoms with Crippen molar-refractivity contribution in [3.05, 3.63) is 60.5 Å². The summed E-state index contributed by atoms with van der Waals surface area (Å²) in [6, 6.07) is 14.4. The van der Waals surface area contributed by atoms with Crippen molar-refractivity contribution < 1.29 is 18.8 Å². The maximum absolute atomic E-state index is 13.1. The van der Waals surface area contributed by atoms with E-state index in [0.717, 1.165) is 10.5 Å². The molecule has 10 heteroatoms. The van der Waals surface area contributed by atoms with Crippen molar-refractivity contribution in [3.8, 4) is 17.1 Å². The summed E-state index contributed by atoms with van der Waals surface area (Å²) in [5.41, 5.74) is 1.28. The van der Waals surface area contributed by atoms with Gasteiger partial charge in [0.2, 0.25) is 11.7 Å². The van der Waals surface area contributed by atoms with Gasteiger partial charge in [0.25, 0.3) is 11.8 Å². The smallest absolute Gasteiger partial charge is 0.263 e. The first kappa shape index (κ1) is 18.9. The van der Waals surface area contributed by atoms with Crippen molar-refractivity contribution in [1.82, 2.24) is 15.1 Å². The van der Waals surface area contributed by atoms with Crippen LogP contribution in [0, 0.1) is 0 Å². The SMILES string of the molecule is CCOc1ccc(N2C(=O)C3N=NN(Cc4nc(-c5ccccc5)no4)C3C2=O)cc1. The van der Waals surface area contributed by atoms with Gasteiger partial charge in [0.1, 0.15) is 12.3 Å². The maximum atomic E-state index is 13.1. The Labute approximate surface area is 177 Å². The number of imide groups is 1. The van der Waals surface area contributed by atoms with Crippen molar-refractivity contribution in [2.75, 3.05) is 11.5 Å². The molecule has 1 fully saturated rings. The number of fused-ring (bicyclic) bond motifs is 1. The van der Waals surface area contributed by atoms with Crippen LogP contribution in [0.2, 0.25) is 0 Å². The van der Waals surface area contributed by atoms with E-state index in [-0.39, 0.29) is 12.4 Å². The highest BCUT2D eigenvalue weighted by Gasteiger charge is 2.55. The Bertz CT molecular complexity index is 1140. The molecule has 2 aliphatic rings. The summed E-state index contributed by atoms with van der Waals surface area (Å²) in [4.78, 5) is 31.4. The first-order chi connectivity index (χ1) is 15.2. The minimum Gasteiger partial charge on any atom is -0.494 e. The van der Waals surface area contributed by atoms with E-state index in [0.29, 0.717) is 23.9 Å². The van der Waals surface area contributed by atoms with Crippen LogP contribution in [0.5, 0.6) is 5.75 Å². The van der Waals surface area contributed by atoms with Crippen LogP contribution in [-0.2, 0) is 16.1 Å². The van der Waals surface area contributed by atoms with Crippen LogP contribution in [0.15, 0.2) is 69.5 Å². The van der Waals surface area contributed by atoms with Crippen LogP contribution in [0.1, 0.15) is 12.8 Å². The summed E-state index contributed by atoms with van der Waals surface area (Å²) in [6.07, 6.45) is 0. The first-order valence-electron chi connectivity index (χ1n) is 9.82. The van der Waals surface area contributed by atoms with Crippen molar-refractivity contribution in [2.24, 2.45) is 10.3 Å². The second-order valence-electron chi connectivity index (χ2n) is 7.01. The van der Waals surface area contributed by atoms with Crippen LogP contribution < -0.4 is 9.64 Å². The Morgan fingerprint density at radius 2 is 1.81 bits per heavy atom. The largest absolute Gasteiger partial charge is 0.494 e. The molecule has 3 heterocycles. The van der Waals surface area contributed by atoms with Gasteiger partial charge >= 0.3 is 0 Å². The lowest BCUT2D eigenvalue weighted by Crippen LogP contribution is -2.39. The fraction of sp³-hybridized carbons (Fsp3) is 0.238. The van der Waals surface area contributed by atoms with E-state index in [1.54, 1.807) is 24.3 Å². The van der Waals surface area contributed by atoms with E-state index in [2.05, 4.69) is 20.5 Å². The number of aromatic nitrogens is 2. The van der Waals surface area contributed by atoms with E-state index in [9.17, 15) is 9.59 Å². The molecule has 2 aromatic carbocycles. The van der Waals surface area contributed by atoms with Crippen molar-refractivity contribution >= 4 is 17.5 Å². The molecular formula is C21H18N6O4. The average molecular weight is 418 g/mol. The standard InChI is InChI=1S/C21H18N6O4/c1-2-30-15-10-8-14(9-11-15)27-20(28)17-18(21(27)29)26(25-23-17)12-16-22-19(24-31-16)13-6-4-3-5-7-13/h3-11,17-18H,2,12H2,1H3. The molecule has 0 spiro atoms. The number of hydrogen-bond donors (Lipinski definition) is 0. The third-order valence-corrected chi connectivity index (χ3v) is 5.06. The third kappa shape index (κ3) is 3.31. The van der Waals surface area contributed by atoms with Gasteiger partial charge in [0.15, 0.2) is 12.1 Å². The number of nitrogens with zero attached hydrogens (tertiary/aromatic N) is 6. The molecule has 10 nitrogen and oxygen atoms in total. The third-order valence-electron chi connectivity index (χ3n) is 5.06. The molecular weight excluding hydrogens is 400 g/mol. The molecule has 0 aliphatic carbocycles. The number of rotatable bonds is 6. The van der Waals surface area contributed by atoms with Gasteiger partial charge in [-0.25, -0.2) is 4.90 Å². The predicted octanol–water partition coefficient (Wildman–Crippen LogP) is 2.63. The Balaban J connectivity index is 1.34. The lowest BCUT2D eigenvalue weighted by Gasteiger charge is -2.19. The quantitative estimate of drug-likeness (QED) is 0.565. The molecule has 2 unspecified atom stereocenters. The van der Waals surface area contributed by atoms with Crippen LogP contribution in [-0.4, -0.2) is 45.7 Å². The van der Waals surface area contributed by atoms with Gasteiger partial charge in [-0.05, 0) is 31.2 Å². The van der Waals surface area contributed by atoms with Gasteiger partial charge in [-0.1, -0.05) is 40.7 Å². The summed E-state index contributed by atoms with van der Waals surface area (Å²) >= 11 is 0. The number of carbonyl (C=O) groups excluding carboxylic acids is 2. The van der Waals surface area contributed by atoms with E-state index < -0.39 is 23.9 Å². The molecule has 1 saturated heterocycles. The molecule has 1 aromatic heterocycles. The maximum Gasteiger partial charge on any atom is 0.263 e. The average Bonchev–Trinajstić information content (AvgIpc) is 3.48. The van der Waals surface area contributed by atoms with Gasteiger partial charge in [-0.2, -0.15) is 10.1 Å². The van der Waals surface area contributed by atoms with Gasteiger partial charge < -0.3 is 9.26 Å². The fourth-order valence-electron chi connectivity index (χ4n) is 3.63. The molecule has 156 valence electrons. The normalized spacial score (nSPS) is 19.9. The number of hydrogen-bond acceptors (Lipinski definition) is 9. The number of anilines is 1. The van der Waals surface area contributed by atoms with Crippen molar-refractivity contribution in [1.29, 1.82) is 0 Å². The fourth-order valence-corrected chi connectivity index (χ4v) is 3.63. The zero-order valence-corrected chi connectivity index (χ0v) is 16.6. The minimum atomic E-state index is -0.893. The van der Waals surface area contributed by atoms with E-state index in [1.165, 1.54) is 5.01 Å². The molecule has 0 bridgehead atoms. The second kappa shape index (κ2) is 7.63. The molecule has 0 N–H and O–H groups in total. The molecule has 2 amide bonds. The summed E-state index contributed by atoms with van der Waals surface area (Å²) in [5, 5.41) is 13.4. The summed E-state index contributed by atoms with van der Waals surface area (Å²) in [7, 11) is 0. The highest BCUT2D eigenvalue weighted by molar-refractivity contribution is 6.25. The highest BCUT2D eigenvalue weighted by atomic mass is 16.5. The molecule has 5 rings (SSSR count). The summed E-state index contributed by atoms with van der Waals surface area (Å²) in [6.45, 7) is 2.48. The Kier molecular flexibility index (Phi) is 4.66. The molecule has 2 aliphatic heterocycles. The van der Waals surface area contributed by atoms with Crippen LogP contribution in [0.4, 0.5) is 5.69 Å². The lowest BCUT2D eigenvalue weighted by atomic mass is 10.1. The first-order valence-corrected chi connectivity index (χ1v) is 9.82. The van der Waals surface area contributed by atoms with E-state index in [4.69, 9.17) is 9.26 Å². The Hall–Kier alpha value is -4.08. The number of ether oxygens (including phenoxy) is 1.